The number of carbonyl (C=O) groups is 2. The van der Waals surface area contributed by atoms with Crippen molar-refractivity contribution < 1.29 is 14.3 Å². The van der Waals surface area contributed by atoms with E-state index in [0.29, 0.717) is 28.8 Å². The molecule has 3 aromatic rings. The van der Waals surface area contributed by atoms with Crippen LogP contribution in [0.1, 0.15) is 5.56 Å². The Morgan fingerprint density at radius 2 is 1.30 bits per heavy atom. The van der Waals surface area contributed by atoms with Crippen LogP contribution < -0.4 is 15.4 Å². The molecule has 136 valence electrons. The maximum absolute atomic E-state index is 12.0. The van der Waals surface area contributed by atoms with Crippen molar-refractivity contribution in [2.45, 2.75) is 6.61 Å². The average molecular weight is 381 g/mol. The number of para-hydroxylation sites is 1. The predicted molar refractivity (Wildman–Crippen MR) is 106 cm³/mol. The van der Waals surface area contributed by atoms with E-state index in [4.69, 9.17) is 16.3 Å². The molecule has 0 spiro atoms. The van der Waals surface area contributed by atoms with E-state index in [2.05, 4.69) is 10.6 Å². The van der Waals surface area contributed by atoms with Gasteiger partial charge in [-0.25, -0.2) is 0 Å². The fourth-order valence-electron chi connectivity index (χ4n) is 2.28. The Morgan fingerprint density at radius 3 is 1.89 bits per heavy atom. The third-order valence-electron chi connectivity index (χ3n) is 3.67. The summed E-state index contributed by atoms with van der Waals surface area (Å²) in [4.78, 5) is 23.9. The molecule has 0 radical (unpaired) electrons. The molecule has 3 rings (SSSR count). The maximum Gasteiger partial charge on any atom is 0.314 e. The molecule has 27 heavy (non-hydrogen) atoms. The molecule has 0 fully saturated rings. The first kappa shape index (κ1) is 18.5. The average Bonchev–Trinajstić information content (AvgIpc) is 2.69. The van der Waals surface area contributed by atoms with Crippen molar-refractivity contribution in [1.82, 2.24) is 0 Å². The fraction of sp³-hybridized carbons (Fsp3) is 0.0476. The fourth-order valence-corrected chi connectivity index (χ4v) is 2.40. The molecule has 0 saturated heterocycles. The molecule has 5 nitrogen and oxygen atoms in total. The van der Waals surface area contributed by atoms with Crippen LogP contribution in [0.15, 0.2) is 78.9 Å². The molecule has 6 heteroatoms. The highest BCUT2D eigenvalue weighted by atomic mass is 35.5. The van der Waals surface area contributed by atoms with Gasteiger partial charge in [-0.2, -0.15) is 0 Å². The second-order valence-electron chi connectivity index (χ2n) is 5.71. The Hall–Kier alpha value is -3.31. The van der Waals surface area contributed by atoms with E-state index < -0.39 is 11.8 Å². The lowest BCUT2D eigenvalue weighted by Crippen LogP contribution is -2.28. The van der Waals surface area contributed by atoms with Crippen molar-refractivity contribution >= 4 is 34.8 Å². The van der Waals surface area contributed by atoms with E-state index in [0.717, 1.165) is 5.56 Å². The summed E-state index contributed by atoms with van der Waals surface area (Å²) in [6, 6.07) is 23.0. The van der Waals surface area contributed by atoms with Crippen molar-refractivity contribution in [3.63, 3.8) is 0 Å². The van der Waals surface area contributed by atoms with Gasteiger partial charge in [0.2, 0.25) is 0 Å². The number of hydrogen-bond donors (Lipinski definition) is 2. The number of amides is 2. The molecular weight excluding hydrogens is 364 g/mol. The van der Waals surface area contributed by atoms with E-state index >= 15 is 0 Å². The van der Waals surface area contributed by atoms with Crippen LogP contribution in [0.3, 0.4) is 0 Å². The summed E-state index contributed by atoms with van der Waals surface area (Å²) >= 11 is 5.85. The summed E-state index contributed by atoms with van der Waals surface area (Å²) < 4.78 is 5.68. The van der Waals surface area contributed by atoms with Gasteiger partial charge in [0.1, 0.15) is 12.4 Å². The highest BCUT2D eigenvalue weighted by molar-refractivity contribution is 6.43. The summed E-state index contributed by atoms with van der Waals surface area (Å²) in [6.45, 7) is 0.405. The SMILES string of the molecule is O=C(Nc1ccccc1)C(=O)Nc1ccc(OCc2ccc(Cl)cc2)cc1. The lowest BCUT2D eigenvalue weighted by atomic mass is 10.2. The van der Waals surface area contributed by atoms with Crippen LogP contribution in [0.4, 0.5) is 11.4 Å². The molecule has 3 aromatic carbocycles. The predicted octanol–water partition coefficient (Wildman–Crippen LogP) is 4.50. The Bertz CT molecular complexity index is 910. The standard InChI is InChI=1S/C21H17ClN2O3/c22-16-8-6-15(7-9-16)14-27-19-12-10-18(11-13-19)24-21(26)20(25)23-17-4-2-1-3-5-17/h1-13H,14H2,(H,23,25)(H,24,26). The van der Waals surface area contributed by atoms with E-state index in [1.165, 1.54) is 0 Å². The van der Waals surface area contributed by atoms with Gasteiger partial charge in [0, 0.05) is 16.4 Å². The number of anilines is 2. The molecule has 2 N–H and O–H groups in total. The number of nitrogens with one attached hydrogen (secondary N) is 2. The Morgan fingerprint density at radius 1 is 0.741 bits per heavy atom. The van der Waals surface area contributed by atoms with Crippen LogP contribution in [0.5, 0.6) is 5.75 Å². The number of rotatable bonds is 5. The number of halogens is 1. The van der Waals surface area contributed by atoms with Crippen LogP contribution in [0.2, 0.25) is 5.02 Å². The van der Waals surface area contributed by atoms with Gasteiger partial charge in [-0.15, -0.1) is 0 Å². The van der Waals surface area contributed by atoms with Crippen LogP contribution in [-0.4, -0.2) is 11.8 Å². The number of hydrogen-bond acceptors (Lipinski definition) is 3. The van der Waals surface area contributed by atoms with E-state index in [1.807, 2.05) is 18.2 Å². The second kappa shape index (κ2) is 8.87. The van der Waals surface area contributed by atoms with Crippen molar-refractivity contribution in [1.29, 1.82) is 0 Å². The van der Waals surface area contributed by atoms with E-state index in [-0.39, 0.29) is 0 Å². The van der Waals surface area contributed by atoms with E-state index in [9.17, 15) is 9.59 Å². The zero-order valence-electron chi connectivity index (χ0n) is 14.3. The molecule has 0 aliphatic carbocycles. The second-order valence-corrected chi connectivity index (χ2v) is 6.15. The molecule has 0 bridgehead atoms. The summed E-state index contributed by atoms with van der Waals surface area (Å²) in [7, 11) is 0. The Labute approximate surface area is 161 Å². The molecule has 0 aliphatic heterocycles. The highest BCUT2D eigenvalue weighted by Gasteiger charge is 2.13. The first-order valence-electron chi connectivity index (χ1n) is 8.25. The topological polar surface area (TPSA) is 67.4 Å². The van der Waals surface area contributed by atoms with Crippen molar-refractivity contribution in [2.24, 2.45) is 0 Å². The van der Waals surface area contributed by atoms with Gasteiger partial charge in [0.25, 0.3) is 0 Å². The summed E-state index contributed by atoms with van der Waals surface area (Å²) in [5, 5.41) is 5.75. The third kappa shape index (κ3) is 5.59. The van der Waals surface area contributed by atoms with Crippen molar-refractivity contribution in [3.05, 3.63) is 89.4 Å². The molecule has 0 heterocycles. The molecule has 0 aliphatic rings. The van der Waals surface area contributed by atoms with Gasteiger partial charge < -0.3 is 15.4 Å². The normalized spacial score (nSPS) is 10.1. The molecule has 0 unspecified atom stereocenters. The lowest BCUT2D eigenvalue weighted by Gasteiger charge is -2.09. The van der Waals surface area contributed by atoms with Crippen LogP contribution in [-0.2, 0) is 16.2 Å². The van der Waals surface area contributed by atoms with Crippen molar-refractivity contribution in [2.75, 3.05) is 10.6 Å². The minimum atomic E-state index is -0.742. The maximum atomic E-state index is 12.0. The lowest BCUT2D eigenvalue weighted by molar-refractivity contribution is -0.132. The number of benzene rings is 3. The van der Waals surface area contributed by atoms with Gasteiger partial charge in [-0.05, 0) is 54.1 Å². The molecule has 0 atom stereocenters. The number of ether oxygens (including phenoxy) is 1. The largest absolute Gasteiger partial charge is 0.489 e. The molecule has 0 saturated carbocycles. The smallest absolute Gasteiger partial charge is 0.314 e. The summed E-state index contributed by atoms with van der Waals surface area (Å²) in [5.41, 5.74) is 2.06. The quantitative estimate of drug-likeness (QED) is 0.640. The van der Waals surface area contributed by atoms with Crippen LogP contribution >= 0.6 is 11.6 Å². The van der Waals surface area contributed by atoms with E-state index in [1.54, 1.807) is 60.7 Å². The molecular formula is C21H17ClN2O3. The Kier molecular flexibility index (Phi) is 6.07. The monoisotopic (exact) mass is 380 g/mol. The van der Waals surface area contributed by atoms with Gasteiger partial charge in [-0.1, -0.05) is 41.9 Å². The summed E-state index contributed by atoms with van der Waals surface area (Å²) in [5.74, 6) is -0.824. The zero-order chi connectivity index (χ0) is 19.1. The van der Waals surface area contributed by atoms with Crippen LogP contribution in [0.25, 0.3) is 0 Å². The van der Waals surface area contributed by atoms with Gasteiger partial charge in [0.05, 0.1) is 0 Å². The summed E-state index contributed by atoms with van der Waals surface area (Å²) in [6.07, 6.45) is 0. The van der Waals surface area contributed by atoms with Crippen molar-refractivity contribution in [3.8, 4) is 5.75 Å². The molecule has 2 amide bonds. The first-order valence-corrected chi connectivity index (χ1v) is 8.62. The van der Waals surface area contributed by atoms with Crippen LogP contribution in [0, 0.1) is 0 Å². The third-order valence-corrected chi connectivity index (χ3v) is 3.92. The minimum Gasteiger partial charge on any atom is -0.489 e. The minimum absolute atomic E-state index is 0.405. The van der Waals surface area contributed by atoms with Gasteiger partial charge in [-0.3, -0.25) is 9.59 Å². The van der Waals surface area contributed by atoms with Gasteiger partial charge in [0.15, 0.2) is 0 Å². The Balaban J connectivity index is 1.51. The van der Waals surface area contributed by atoms with Gasteiger partial charge >= 0.3 is 11.8 Å². The first-order chi connectivity index (χ1) is 13.1. The number of carbonyl (C=O) groups excluding carboxylic acids is 2. The zero-order valence-corrected chi connectivity index (χ0v) is 15.1. The molecule has 0 aromatic heterocycles. The highest BCUT2D eigenvalue weighted by Crippen LogP contribution is 2.18.